The van der Waals surface area contributed by atoms with Crippen molar-refractivity contribution < 1.29 is 19.2 Å². The summed E-state index contributed by atoms with van der Waals surface area (Å²) in [5.41, 5.74) is 2.18. The SMILES string of the molecule is Cc1onc(-c2cccc3c2OCC3)c1C(=O)O. The Labute approximate surface area is 103 Å². The largest absolute Gasteiger partial charge is 0.492 e. The van der Waals surface area contributed by atoms with Gasteiger partial charge in [-0.05, 0) is 18.6 Å². The van der Waals surface area contributed by atoms with Crippen molar-refractivity contribution in [1.82, 2.24) is 5.16 Å². The van der Waals surface area contributed by atoms with E-state index in [1.54, 1.807) is 13.0 Å². The number of carboxylic acids is 1. The number of carboxylic acid groups (broad SMARTS) is 1. The van der Waals surface area contributed by atoms with Crippen LogP contribution in [0.25, 0.3) is 11.3 Å². The van der Waals surface area contributed by atoms with Crippen molar-refractivity contribution in [1.29, 1.82) is 0 Å². The van der Waals surface area contributed by atoms with E-state index in [1.807, 2.05) is 12.1 Å². The minimum Gasteiger partial charge on any atom is -0.492 e. The molecule has 2 heterocycles. The lowest BCUT2D eigenvalue weighted by atomic mass is 10.0. The summed E-state index contributed by atoms with van der Waals surface area (Å²) in [6.07, 6.45) is 0.836. The normalized spacial score (nSPS) is 13.2. The highest BCUT2D eigenvalue weighted by molar-refractivity contribution is 5.96. The summed E-state index contributed by atoms with van der Waals surface area (Å²) in [5.74, 6) is -0.0271. The Morgan fingerprint density at radius 3 is 3.06 bits per heavy atom. The van der Waals surface area contributed by atoms with Crippen molar-refractivity contribution in [2.45, 2.75) is 13.3 Å². The van der Waals surface area contributed by atoms with Crippen LogP contribution in [0.4, 0.5) is 0 Å². The molecule has 3 rings (SSSR count). The first-order valence-electron chi connectivity index (χ1n) is 5.63. The van der Waals surface area contributed by atoms with Gasteiger partial charge in [0.15, 0.2) is 0 Å². The van der Waals surface area contributed by atoms with Gasteiger partial charge in [0.1, 0.15) is 22.8 Å². The van der Waals surface area contributed by atoms with Crippen LogP contribution in [-0.4, -0.2) is 22.8 Å². The van der Waals surface area contributed by atoms with Crippen molar-refractivity contribution in [3.63, 3.8) is 0 Å². The second kappa shape index (κ2) is 3.87. The quantitative estimate of drug-likeness (QED) is 0.878. The lowest BCUT2D eigenvalue weighted by Crippen LogP contribution is -2.00. The second-order valence-corrected chi connectivity index (χ2v) is 4.16. The van der Waals surface area contributed by atoms with Gasteiger partial charge < -0.3 is 14.4 Å². The predicted molar refractivity (Wildman–Crippen MR) is 62.8 cm³/mol. The molecule has 0 bridgehead atoms. The minimum atomic E-state index is -1.04. The molecule has 1 aromatic heterocycles. The van der Waals surface area contributed by atoms with Crippen LogP contribution in [0.3, 0.4) is 0 Å². The Kier molecular flexibility index (Phi) is 2.33. The molecule has 0 unspecified atom stereocenters. The monoisotopic (exact) mass is 245 g/mol. The molecule has 0 saturated carbocycles. The minimum absolute atomic E-state index is 0.0962. The summed E-state index contributed by atoms with van der Waals surface area (Å²) >= 11 is 0. The summed E-state index contributed by atoms with van der Waals surface area (Å²) in [4.78, 5) is 11.2. The maximum Gasteiger partial charge on any atom is 0.341 e. The Morgan fingerprint density at radius 2 is 2.28 bits per heavy atom. The summed E-state index contributed by atoms with van der Waals surface area (Å²) in [5, 5.41) is 13.1. The zero-order valence-electron chi connectivity index (χ0n) is 9.77. The van der Waals surface area contributed by atoms with Crippen LogP contribution in [0.5, 0.6) is 5.75 Å². The molecule has 1 aliphatic heterocycles. The molecule has 1 aromatic carbocycles. The molecular weight excluding hydrogens is 234 g/mol. The molecular formula is C13H11NO4. The highest BCUT2D eigenvalue weighted by Gasteiger charge is 2.25. The first-order chi connectivity index (χ1) is 8.68. The van der Waals surface area contributed by atoms with Gasteiger partial charge in [0.25, 0.3) is 0 Å². The van der Waals surface area contributed by atoms with Gasteiger partial charge in [0.05, 0.1) is 6.61 Å². The van der Waals surface area contributed by atoms with Gasteiger partial charge in [-0.1, -0.05) is 17.3 Å². The fourth-order valence-electron chi connectivity index (χ4n) is 2.21. The van der Waals surface area contributed by atoms with E-state index in [1.165, 1.54) is 0 Å². The van der Waals surface area contributed by atoms with Gasteiger partial charge in [-0.3, -0.25) is 0 Å². The number of rotatable bonds is 2. The highest BCUT2D eigenvalue weighted by Crippen LogP contribution is 2.38. The average Bonchev–Trinajstić information content (AvgIpc) is 2.94. The van der Waals surface area contributed by atoms with Crippen molar-refractivity contribution in [2.24, 2.45) is 0 Å². The molecule has 0 radical (unpaired) electrons. The summed E-state index contributed by atoms with van der Waals surface area (Å²) in [7, 11) is 0. The zero-order chi connectivity index (χ0) is 12.7. The third kappa shape index (κ3) is 1.48. The number of aromatic carboxylic acids is 1. The fraction of sp³-hybridized carbons (Fsp3) is 0.231. The first kappa shape index (κ1) is 10.8. The molecule has 0 saturated heterocycles. The van der Waals surface area contributed by atoms with Gasteiger partial charge >= 0.3 is 5.97 Å². The standard InChI is InChI=1S/C13H11NO4/c1-7-10(13(15)16)11(14-18-7)9-4-2-3-8-5-6-17-12(8)9/h2-4H,5-6H2,1H3,(H,15,16). The molecule has 0 fully saturated rings. The average molecular weight is 245 g/mol. The molecule has 1 N–H and O–H groups in total. The van der Waals surface area contributed by atoms with Crippen molar-refractivity contribution in [2.75, 3.05) is 6.61 Å². The van der Waals surface area contributed by atoms with E-state index in [-0.39, 0.29) is 5.56 Å². The van der Waals surface area contributed by atoms with Gasteiger partial charge in [0, 0.05) is 12.0 Å². The van der Waals surface area contributed by atoms with E-state index in [2.05, 4.69) is 5.16 Å². The third-order valence-corrected chi connectivity index (χ3v) is 3.05. The number of benzene rings is 1. The van der Waals surface area contributed by atoms with E-state index < -0.39 is 5.97 Å². The van der Waals surface area contributed by atoms with Crippen molar-refractivity contribution in [3.05, 3.63) is 35.1 Å². The predicted octanol–water partition coefficient (Wildman–Crippen LogP) is 2.28. The van der Waals surface area contributed by atoms with Crippen LogP contribution >= 0.6 is 0 Å². The summed E-state index contributed by atoms with van der Waals surface area (Å²) < 4.78 is 10.5. The number of carbonyl (C=O) groups is 1. The number of aromatic nitrogens is 1. The molecule has 2 aromatic rings. The van der Waals surface area contributed by atoms with Crippen LogP contribution in [0.1, 0.15) is 21.7 Å². The van der Waals surface area contributed by atoms with Crippen LogP contribution in [0.2, 0.25) is 0 Å². The van der Waals surface area contributed by atoms with Gasteiger partial charge in [-0.2, -0.15) is 0 Å². The maximum atomic E-state index is 11.2. The number of aryl methyl sites for hydroxylation is 1. The van der Waals surface area contributed by atoms with Gasteiger partial charge in [0.2, 0.25) is 0 Å². The van der Waals surface area contributed by atoms with Crippen LogP contribution < -0.4 is 4.74 Å². The molecule has 5 nitrogen and oxygen atoms in total. The number of hydrogen-bond donors (Lipinski definition) is 1. The molecule has 0 aliphatic carbocycles. The van der Waals surface area contributed by atoms with Gasteiger partial charge in [-0.15, -0.1) is 0 Å². The molecule has 0 spiro atoms. The first-order valence-corrected chi connectivity index (χ1v) is 5.63. The number of nitrogens with zero attached hydrogens (tertiary/aromatic N) is 1. The molecule has 0 amide bonds. The topological polar surface area (TPSA) is 72.6 Å². The summed E-state index contributed by atoms with van der Waals surface area (Å²) in [6.45, 7) is 2.20. The number of fused-ring (bicyclic) bond motifs is 1. The molecule has 92 valence electrons. The molecule has 1 aliphatic rings. The van der Waals surface area contributed by atoms with E-state index >= 15 is 0 Å². The molecule has 18 heavy (non-hydrogen) atoms. The highest BCUT2D eigenvalue weighted by atomic mass is 16.5. The van der Waals surface area contributed by atoms with Crippen molar-refractivity contribution in [3.8, 4) is 17.0 Å². The van der Waals surface area contributed by atoms with E-state index in [0.717, 1.165) is 12.0 Å². The van der Waals surface area contributed by atoms with Crippen molar-refractivity contribution >= 4 is 5.97 Å². The maximum absolute atomic E-state index is 11.2. The number of hydrogen-bond acceptors (Lipinski definition) is 4. The lowest BCUT2D eigenvalue weighted by molar-refractivity contribution is 0.0696. The smallest absolute Gasteiger partial charge is 0.341 e. The Hall–Kier alpha value is -2.30. The lowest BCUT2D eigenvalue weighted by Gasteiger charge is -2.05. The van der Waals surface area contributed by atoms with E-state index in [9.17, 15) is 9.90 Å². The Bertz CT molecular complexity index is 630. The third-order valence-electron chi connectivity index (χ3n) is 3.05. The Balaban J connectivity index is 2.22. The molecule has 5 heteroatoms. The van der Waals surface area contributed by atoms with Crippen LogP contribution in [0.15, 0.2) is 22.7 Å². The Morgan fingerprint density at radius 1 is 1.44 bits per heavy atom. The van der Waals surface area contributed by atoms with Crippen LogP contribution in [-0.2, 0) is 6.42 Å². The number of ether oxygens (including phenoxy) is 1. The van der Waals surface area contributed by atoms with Gasteiger partial charge in [-0.25, -0.2) is 4.79 Å². The summed E-state index contributed by atoms with van der Waals surface area (Å²) in [6, 6.07) is 5.64. The second-order valence-electron chi connectivity index (χ2n) is 4.16. The fourth-order valence-corrected chi connectivity index (χ4v) is 2.21. The van der Waals surface area contributed by atoms with E-state index in [0.29, 0.717) is 29.4 Å². The molecule has 0 atom stereocenters. The number of para-hydroxylation sites is 1. The van der Waals surface area contributed by atoms with E-state index in [4.69, 9.17) is 9.26 Å². The van der Waals surface area contributed by atoms with Crippen LogP contribution in [0, 0.1) is 6.92 Å². The zero-order valence-corrected chi connectivity index (χ0v) is 9.77.